The molecule has 1 heterocycles. The highest BCUT2D eigenvalue weighted by molar-refractivity contribution is 6.22. The number of aromatic hydroxyl groups is 1. The molecule has 0 bridgehead atoms. The van der Waals surface area contributed by atoms with Crippen LogP contribution in [0.3, 0.4) is 0 Å². The average Bonchev–Trinajstić information content (AvgIpc) is 2.95. The number of benzene rings is 2. The summed E-state index contributed by atoms with van der Waals surface area (Å²) in [6.07, 6.45) is 4.91. The summed E-state index contributed by atoms with van der Waals surface area (Å²) in [6.45, 7) is 1.77. The molecule has 7 nitrogen and oxygen atoms in total. The van der Waals surface area contributed by atoms with Crippen molar-refractivity contribution in [3.8, 4) is 5.75 Å². The van der Waals surface area contributed by atoms with E-state index in [4.69, 9.17) is 0 Å². The summed E-state index contributed by atoms with van der Waals surface area (Å²) in [5.41, 5.74) is 2.44. The SMILES string of the molecule is Cc1cc(O)ccc1NC(=O)Nc1ccc2c(c1)C(=O)N(C1CCCCC1)C2=O. The van der Waals surface area contributed by atoms with Crippen molar-refractivity contribution in [1.82, 2.24) is 4.90 Å². The number of carbonyl (C=O) groups excluding carboxylic acids is 3. The molecule has 1 aliphatic heterocycles. The fourth-order valence-electron chi connectivity index (χ4n) is 4.08. The molecular formula is C22H23N3O4. The summed E-state index contributed by atoms with van der Waals surface area (Å²) >= 11 is 0. The maximum atomic E-state index is 12.9. The molecule has 0 saturated heterocycles. The van der Waals surface area contributed by atoms with Gasteiger partial charge in [0.05, 0.1) is 11.1 Å². The van der Waals surface area contributed by atoms with Crippen LogP contribution in [-0.2, 0) is 0 Å². The average molecular weight is 393 g/mol. The summed E-state index contributed by atoms with van der Waals surface area (Å²) < 4.78 is 0. The Kier molecular flexibility index (Phi) is 4.96. The first-order valence-corrected chi connectivity index (χ1v) is 9.83. The van der Waals surface area contributed by atoms with Gasteiger partial charge in [0.25, 0.3) is 11.8 Å². The van der Waals surface area contributed by atoms with Crippen molar-refractivity contribution < 1.29 is 19.5 Å². The van der Waals surface area contributed by atoms with Gasteiger partial charge in [-0.3, -0.25) is 14.5 Å². The zero-order valence-electron chi connectivity index (χ0n) is 16.2. The molecular weight excluding hydrogens is 370 g/mol. The number of fused-ring (bicyclic) bond motifs is 1. The summed E-state index contributed by atoms with van der Waals surface area (Å²) in [4.78, 5) is 39.3. The van der Waals surface area contributed by atoms with Crippen molar-refractivity contribution in [2.24, 2.45) is 0 Å². The third-order valence-electron chi connectivity index (χ3n) is 5.57. The van der Waals surface area contributed by atoms with Gasteiger partial charge in [-0.2, -0.15) is 0 Å². The van der Waals surface area contributed by atoms with Crippen molar-refractivity contribution in [2.75, 3.05) is 10.6 Å². The van der Waals surface area contributed by atoms with Gasteiger partial charge in [0.15, 0.2) is 0 Å². The van der Waals surface area contributed by atoms with Crippen LogP contribution in [0, 0.1) is 6.92 Å². The minimum absolute atomic E-state index is 0.0340. The minimum atomic E-state index is -0.473. The largest absolute Gasteiger partial charge is 0.508 e. The number of hydrogen-bond donors (Lipinski definition) is 3. The third-order valence-corrected chi connectivity index (χ3v) is 5.57. The van der Waals surface area contributed by atoms with Crippen molar-refractivity contribution in [3.63, 3.8) is 0 Å². The van der Waals surface area contributed by atoms with Crippen LogP contribution in [0.15, 0.2) is 36.4 Å². The number of amides is 4. The molecule has 7 heteroatoms. The number of anilines is 2. The highest BCUT2D eigenvalue weighted by atomic mass is 16.3. The maximum absolute atomic E-state index is 12.9. The van der Waals surface area contributed by atoms with E-state index in [0.717, 1.165) is 37.7 Å². The quantitative estimate of drug-likeness (QED) is 0.536. The summed E-state index contributed by atoms with van der Waals surface area (Å²) in [5, 5.41) is 14.9. The normalized spacial score (nSPS) is 16.7. The van der Waals surface area contributed by atoms with Gasteiger partial charge >= 0.3 is 6.03 Å². The second-order valence-electron chi connectivity index (χ2n) is 7.61. The number of phenols is 1. The molecule has 1 fully saturated rings. The van der Waals surface area contributed by atoms with Crippen LogP contribution >= 0.6 is 0 Å². The molecule has 4 rings (SSSR count). The molecule has 0 aromatic heterocycles. The number of aryl methyl sites for hydroxylation is 1. The lowest BCUT2D eigenvalue weighted by molar-refractivity contribution is 0.0549. The number of imide groups is 1. The highest BCUT2D eigenvalue weighted by Crippen LogP contribution is 2.32. The Morgan fingerprint density at radius 3 is 2.41 bits per heavy atom. The number of nitrogens with one attached hydrogen (secondary N) is 2. The first-order chi connectivity index (χ1) is 13.9. The molecule has 0 atom stereocenters. The van der Waals surface area contributed by atoms with Gasteiger partial charge in [0.2, 0.25) is 0 Å². The number of nitrogens with zero attached hydrogens (tertiary/aromatic N) is 1. The fraction of sp³-hybridized carbons (Fsp3) is 0.318. The van der Waals surface area contributed by atoms with Gasteiger partial charge in [-0.15, -0.1) is 0 Å². The second kappa shape index (κ2) is 7.58. The highest BCUT2D eigenvalue weighted by Gasteiger charge is 2.40. The first kappa shape index (κ1) is 19.0. The van der Waals surface area contributed by atoms with E-state index < -0.39 is 6.03 Å². The number of phenolic OH excluding ortho intramolecular Hbond substituents is 1. The Morgan fingerprint density at radius 2 is 1.69 bits per heavy atom. The Labute approximate surface area is 168 Å². The van der Waals surface area contributed by atoms with Crippen LogP contribution in [-0.4, -0.2) is 33.9 Å². The second-order valence-corrected chi connectivity index (χ2v) is 7.61. The molecule has 0 radical (unpaired) electrons. The molecule has 150 valence electrons. The smallest absolute Gasteiger partial charge is 0.323 e. The Morgan fingerprint density at radius 1 is 0.966 bits per heavy atom. The molecule has 0 spiro atoms. The third kappa shape index (κ3) is 3.68. The van der Waals surface area contributed by atoms with Crippen LogP contribution in [0.1, 0.15) is 58.4 Å². The molecule has 1 aliphatic carbocycles. The Bertz CT molecular complexity index is 996. The first-order valence-electron chi connectivity index (χ1n) is 9.83. The molecule has 29 heavy (non-hydrogen) atoms. The van der Waals surface area contributed by atoms with Crippen LogP contribution in [0.25, 0.3) is 0 Å². The van der Waals surface area contributed by atoms with E-state index in [2.05, 4.69) is 10.6 Å². The zero-order chi connectivity index (χ0) is 20.5. The monoisotopic (exact) mass is 393 g/mol. The van der Waals surface area contributed by atoms with E-state index in [1.54, 1.807) is 37.3 Å². The van der Waals surface area contributed by atoms with Crippen LogP contribution in [0.4, 0.5) is 16.2 Å². The lowest BCUT2D eigenvalue weighted by atomic mass is 9.94. The predicted octanol–water partition coefficient (Wildman–Crippen LogP) is 4.27. The molecule has 1 saturated carbocycles. The molecule has 3 N–H and O–H groups in total. The fourth-order valence-corrected chi connectivity index (χ4v) is 4.08. The molecule has 2 aliphatic rings. The van der Waals surface area contributed by atoms with E-state index in [-0.39, 0.29) is 23.6 Å². The Hall–Kier alpha value is -3.35. The van der Waals surface area contributed by atoms with Crippen molar-refractivity contribution >= 4 is 29.2 Å². The van der Waals surface area contributed by atoms with Crippen molar-refractivity contribution in [2.45, 2.75) is 45.1 Å². The van der Waals surface area contributed by atoms with Crippen LogP contribution < -0.4 is 10.6 Å². The standard InChI is InChI=1S/C22H23N3O4/c1-13-11-16(26)8-10-19(13)24-22(29)23-14-7-9-17-18(12-14)21(28)25(20(17)27)15-5-3-2-4-6-15/h7-12,15,26H,2-6H2,1H3,(H2,23,24,29). The van der Waals surface area contributed by atoms with Gasteiger partial charge in [-0.1, -0.05) is 19.3 Å². The van der Waals surface area contributed by atoms with Gasteiger partial charge in [-0.25, -0.2) is 4.79 Å². The Balaban J connectivity index is 1.49. The number of urea groups is 1. The van der Waals surface area contributed by atoms with E-state index in [1.807, 2.05) is 0 Å². The lowest BCUT2D eigenvalue weighted by Gasteiger charge is -2.29. The van der Waals surface area contributed by atoms with Crippen molar-refractivity contribution in [1.29, 1.82) is 0 Å². The van der Waals surface area contributed by atoms with E-state index >= 15 is 0 Å². The van der Waals surface area contributed by atoms with Crippen LogP contribution in [0.5, 0.6) is 5.75 Å². The van der Waals surface area contributed by atoms with Gasteiger partial charge < -0.3 is 15.7 Å². The summed E-state index contributed by atoms with van der Waals surface area (Å²) in [6, 6.07) is 8.92. The van der Waals surface area contributed by atoms with Gasteiger partial charge in [0, 0.05) is 17.4 Å². The van der Waals surface area contributed by atoms with Gasteiger partial charge in [-0.05, 0) is 61.7 Å². The van der Waals surface area contributed by atoms with E-state index in [9.17, 15) is 19.5 Å². The van der Waals surface area contributed by atoms with Crippen LogP contribution in [0.2, 0.25) is 0 Å². The molecule has 2 aromatic rings. The lowest BCUT2D eigenvalue weighted by Crippen LogP contribution is -2.40. The minimum Gasteiger partial charge on any atom is -0.508 e. The summed E-state index contributed by atoms with van der Waals surface area (Å²) in [7, 11) is 0. The topological polar surface area (TPSA) is 98.7 Å². The molecule has 2 aromatic carbocycles. The number of hydrogen-bond acceptors (Lipinski definition) is 4. The molecule has 4 amide bonds. The van der Waals surface area contributed by atoms with Gasteiger partial charge in [0.1, 0.15) is 5.75 Å². The number of rotatable bonds is 3. The number of carbonyl (C=O) groups is 3. The zero-order valence-corrected chi connectivity index (χ0v) is 16.2. The molecule has 0 unspecified atom stereocenters. The van der Waals surface area contributed by atoms with E-state index in [0.29, 0.717) is 22.5 Å². The predicted molar refractivity (Wildman–Crippen MR) is 109 cm³/mol. The summed E-state index contributed by atoms with van der Waals surface area (Å²) in [5.74, 6) is -0.402. The van der Waals surface area contributed by atoms with E-state index in [1.165, 1.54) is 11.0 Å². The van der Waals surface area contributed by atoms with Crippen molar-refractivity contribution in [3.05, 3.63) is 53.1 Å². The maximum Gasteiger partial charge on any atom is 0.323 e.